The van der Waals surface area contributed by atoms with Crippen LogP contribution in [-0.2, 0) is 23.9 Å². The number of carboxylic acid groups (broad SMARTS) is 1. The van der Waals surface area contributed by atoms with Crippen LogP contribution < -0.4 is 10.6 Å². The summed E-state index contributed by atoms with van der Waals surface area (Å²) in [5.74, 6) is 0.340. The lowest BCUT2D eigenvalue weighted by atomic mass is 9.48. The highest BCUT2D eigenvalue weighted by Gasteiger charge is 2.64. The Labute approximate surface area is 319 Å². The molecule has 2 aliphatic heterocycles. The van der Waals surface area contributed by atoms with Crippen molar-refractivity contribution in [1.82, 2.24) is 15.4 Å². The largest absolute Gasteiger partial charge is 0.480 e. The Bertz CT molecular complexity index is 1940. The van der Waals surface area contributed by atoms with Gasteiger partial charge in [-0.2, -0.15) is 0 Å². The molecular formula is C41H50N4O8S. The highest BCUT2D eigenvalue weighted by atomic mass is 32.2. The first kappa shape index (κ1) is 37.0. The first-order chi connectivity index (χ1) is 25.6. The van der Waals surface area contributed by atoms with E-state index in [4.69, 9.17) is 9.26 Å². The molecule has 5 fully saturated rings. The number of hydrogen-bond acceptors (Lipinski definition) is 9. The van der Waals surface area contributed by atoms with Gasteiger partial charge >= 0.3 is 5.97 Å². The Hall–Kier alpha value is -3.97. The number of amides is 3. The number of ketones is 1. The van der Waals surface area contributed by atoms with Crippen molar-refractivity contribution in [1.29, 1.82) is 0 Å². The topological polar surface area (TPSA) is 168 Å². The molecule has 12 nitrogen and oxygen atoms in total. The molecule has 2 aromatic rings. The Kier molecular flexibility index (Phi) is 9.14. The molecule has 54 heavy (non-hydrogen) atoms. The monoisotopic (exact) mass is 758 g/mol. The number of nitrogens with zero attached hydrogens (tertiary/aromatic N) is 2. The molecule has 0 spiro atoms. The smallest absolute Gasteiger partial charge is 0.327 e. The van der Waals surface area contributed by atoms with Crippen LogP contribution in [0.3, 0.4) is 0 Å². The third-order valence-corrected chi connectivity index (χ3v) is 15.6. The second-order valence-electron chi connectivity index (χ2n) is 17.3. The Morgan fingerprint density at radius 1 is 1.06 bits per heavy atom. The maximum Gasteiger partial charge on any atom is 0.327 e. The van der Waals surface area contributed by atoms with Gasteiger partial charge in [-0.25, -0.2) is 4.79 Å². The molecule has 2 saturated heterocycles. The Morgan fingerprint density at radius 3 is 2.56 bits per heavy atom. The third-order valence-electron chi connectivity index (χ3n) is 14.0. The molecule has 3 heterocycles. The van der Waals surface area contributed by atoms with Crippen LogP contribution in [0.1, 0.15) is 102 Å². The summed E-state index contributed by atoms with van der Waals surface area (Å²) in [7, 11) is 0. The number of anilines is 1. The average Bonchev–Trinajstić information content (AvgIpc) is 3.76. The van der Waals surface area contributed by atoms with E-state index in [9.17, 15) is 29.1 Å². The van der Waals surface area contributed by atoms with Gasteiger partial charge in [-0.3, -0.25) is 19.2 Å². The number of ether oxygens (including phenoxy) is 1. The SMILES string of the molecule is Cc1onc(-c2ccc(NC(=O)CCOC3CCC4C5CC=C6CC(=O)CCC6(C)C5CCC34C)cc2)c1C(=O)NC1C(=O)N2C1SC(C)(C)C2C(=O)O. The van der Waals surface area contributed by atoms with E-state index in [-0.39, 0.29) is 40.6 Å². The van der Waals surface area contributed by atoms with E-state index in [0.717, 1.165) is 32.1 Å². The maximum absolute atomic E-state index is 13.5. The summed E-state index contributed by atoms with van der Waals surface area (Å²) in [4.78, 5) is 64.9. The average molecular weight is 759 g/mol. The number of aromatic nitrogens is 1. The molecule has 288 valence electrons. The molecule has 0 radical (unpaired) electrons. The number of aliphatic carboxylic acids is 1. The van der Waals surface area contributed by atoms with Gasteiger partial charge in [-0.05, 0) is 100 Å². The lowest BCUT2D eigenvalue weighted by Gasteiger charge is -2.57. The zero-order chi connectivity index (χ0) is 38.3. The van der Waals surface area contributed by atoms with E-state index in [1.807, 2.05) is 0 Å². The van der Waals surface area contributed by atoms with Crippen LogP contribution in [-0.4, -0.2) is 79.6 Å². The van der Waals surface area contributed by atoms with Gasteiger partial charge in [-0.15, -0.1) is 11.8 Å². The van der Waals surface area contributed by atoms with Gasteiger partial charge in [0, 0.05) is 28.8 Å². The van der Waals surface area contributed by atoms with Crippen molar-refractivity contribution in [2.45, 2.75) is 121 Å². The van der Waals surface area contributed by atoms with E-state index < -0.39 is 40.0 Å². The van der Waals surface area contributed by atoms with E-state index in [0.29, 0.717) is 59.9 Å². The van der Waals surface area contributed by atoms with Crippen molar-refractivity contribution in [3.63, 3.8) is 0 Å². The highest BCUT2D eigenvalue weighted by molar-refractivity contribution is 8.01. The number of nitrogens with one attached hydrogen (secondary N) is 2. The molecule has 3 amide bonds. The lowest BCUT2D eigenvalue weighted by molar-refractivity contribution is -0.159. The van der Waals surface area contributed by atoms with Crippen molar-refractivity contribution in [3.05, 3.63) is 47.2 Å². The minimum atomic E-state index is -1.07. The Morgan fingerprint density at radius 2 is 1.81 bits per heavy atom. The molecular weight excluding hydrogens is 709 g/mol. The summed E-state index contributed by atoms with van der Waals surface area (Å²) in [6.45, 7) is 10.3. The van der Waals surface area contributed by atoms with Gasteiger partial charge in [0.25, 0.3) is 5.91 Å². The molecule has 1 aromatic carbocycles. The van der Waals surface area contributed by atoms with Crippen molar-refractivity contribution in [2.75, 3.05) is 11.9 Å². The molecule has 6 aliphatic rings. The number of rotatable bonds is 9. The number of carbonyl (C=O) groups is 5. The van der Waals surface area contributed by atoms with Crippen LogP contribution in [0, 0.1) is 35.5 Å². The van der Waals surface area contributed by atoms with Gasteiger partial charge in [0.15, 0.2) is 0 Å². The zero-order valence-corrected chi connectivity index (χ0v) is 32.4. The second kappa shape index (κ2) is 13.4. The van der Waals surface area contributed by atoms with Crippen LogP contribution in [0.5, 0.6) is 0 Å². The number of allylic oxidation sites excluding steroid dienone is 2. The molecule has 9 atom stereocenters. The summed E-state index contributed by atoms with van der Waals surface area (Å²) in [6, 6.07) is 5.14. The van der Waals surface area contributed by atoms with Crippen molar-refractivity contribution in [3.8, 4) is 11.3 Å². The number of aryl methyl sites for hydroxylation is 1. The summed E-state index contributed by atoms with van der Waals surface area (Å²) in [5.41, 5.74) is 3.32. The third kappa shape index (κ3) is 5.91. The predicted octanol–water partition coefficient (Wildman–Crippen LogP) is 6.14. The fourth-order valence-corrected chi connectivity index (χ4v) is 12.8. The van der Waals surface area contributed by atoms with Crippen molar-refractivity contribution in [2.24, 2.45) is 28.6 Å². The summed E-state index contributed by atoms with van der Waals surface area (Å²) < 4.78 is 11.2. The summed E-state index contributed by atoms with van der Waals surface area (Å²) in [6.07, 6.45) is 10.6. The van der Waals surface area contributed by atoms with Crippen LogP contribution in [0.25, 0.3) is 11.3 Å². The Balaban J connectivity index is 0.845. The minimum Gasteiger partial charge on any atom is -0.480 e. The number of benzene rings is 1. The molecule has 1 aromatic heterocycles. The molecule has 4 aliphatic carbocycles. The second-order valence-corrected chi connectivity index (χ2v) is 19.1. The van der Waals surface area contributed by atoms with E-state index >= 15 is 0 Å². The van der Waals surface area contributed by atoms with E-state index in [1.54, 1.807) is 45.0 Å². The van der Waals surface area contributed by atoms with Gasteiger partial charge in [0.1, 0.15) is 40.3 Å². The lowest BCUT2D eigenvalue weighted by Crippen LogP contribution is -2.70. The molecule has 0 bridgehead atoms. The zero-order valence-electron chi connectivity index (χ0n) is 31.6. The fourth-order valence-electron chi connectivity index (χ4n) is 11.1. The number of carboxylic acids is 1. The molecule has 8 rings (SSSR count). The van der Waals surface area contributed by atoms with Gasteiger partial charge in [-0.1, -0.05) is 42.8 Å². The molecule has 3 saturated carbocycles. The normalized spacial score (nSPS) is 34.9. The van der Waals surface area contributed by atoms with Crippen molar-refractivity contribution >= 4 is 46.9 Å². The van der Waals surface area contributed by atoms with Crippen LogP contribution in [0.15, 0.2) is 40.4 Å². The van der Waals surface area contributed by atoms with Gasteiger partial charge < -0.3 is 29.9 Å². The van der Waals surface area contributed by atoms with Crippen LogP contribution in [0.2, 0.25) is 0 Å². The van der Waals surface area contributed by atoms with Gasteiger partial charge in [0.05, 0.1) is 19.1 Å². The molecule has 3 N–H and O–H groups in total. The first-order valence-corrected chi connectivity index (χ1v) is 20.2. The van der Waals surface area contributed by atoms with E-state index in [1.165, 1.54) is 28.7 Å². The predicted molar refractivity (Wildman–Crippen MR) is 201 cm³/mol. The standard InChI is InChI=1S/C41H50N4O8S/c1-21-31(35(48)43-33-36(49)45-34(38(50)51)39(2,3)54-37(33)45)32(44-53-21)22-6-9-24(10-7-22)42-30(47)16-19-52-29-13-12-27-26-11-8-23-20-25(46)14-17-40(23,4)28(26)15-18-41(27,29)5/h6-10,26-29,33-34,37H,11-20H2,1-5H3,(H,42,47)(H,43,48)(H,50,51). The quantitative estimate of drug-likeness (QED) is 0.200. The minimum absolute atomic E-state index is 0.0957. The van der Waals surface area contributed by atoms with Crippen molar-refractivity contribution < 1.29 is 38.3 Å². The maximum atomic E-state index is 13.5. The molecule has 13 heteroatoms. The van der Waals surface area contributed by atoms with Gasteiger partial charge in [0.2, 0.25) is 11.8 Å². The van der Waals surface area contributed by atoms with Crippen LogP contribution >= 0.6 is 11.8 Å². The summed E-state index contributed by atoms with van der Waals surface area (Å²) in [5, 5.41) is 19.1. The number of hydrogen-bond donors (Lipinski definition) is 3. The fraction of sp³-hybridized carbons (Fsp3) is 0.610. The number of β-lactam (4-membered cyclic amide) rings is 1. The first-order valence-electron chi connectivity index (χ1n) is 19.4. The molecule has 9 unspecified atom stereocenters. The van der Waals surface area contributed by atoms with E-state index in [2.05, 4.69) is 35.7 Å². The number of fused-ring (bicyclic) bond motifs is 6. The summed E-state index contributed by atoms with van der Waals surface area (Å²) >= 11 is 1.36. The van der Waals surface area contributed by atoms with Crippen LogP contribution in [0.4, 0.5) is 5.69 Å². The number of Topliss-reactive ketones (excluding diaryl/α,β-unsaturated/α-hetero) is 1. The highest BCUT2D eigenvalue weighted by Crippen LogP contribution is 2.65. The number of thioether (sulfide) groups is 1. The number of carbonyl (C=O) groups excluding carboxylic acids is 4.